The lowest BCUT2D eigenvalue weighted by atomic mass is 10.0. The summed E-state index contributed by atoms with van der Waals surface area (Å²) in [6.07, 6.45) is 1.85. The molecule has 1 heterocycles. The summed E-state index contributed by atoms with van der Waals surface area (Å²) >= 11 is 0. The molecule has 104 valence electrons. The summed E-state index contributed by atoms with van der Waals surface area (Å²) in [4.78, 5) is 9.44. The van der Waals surface area contributed by atoms with Crippen LogP contribution >= 0.6 is 0 Å². The van der Waals surface area contributed by atoms with Gasteiger partial charge in [0.2, 0.25) is 0 Å². The van der Waals surface area contributed by atoms with Gasteiger partial charge in [0, 0.05) is 11.1 Å². The quantitative estimate of drug-likeness (QED) is 0.519. The van der Waals surface area contributed by atoms with Crippen LogP contribution in [0.4, 0.5) is 0 Å². The normalized spacial score (nSPS) is 10.7. The van der Waals surface area contributed by atoms with Gasteiger partial charge in [0.1, 0.15) is 0 Å². The highest BCUT2D eigenvalue weighted by Crippen LogP contribution is 2.27. The minimum absolute atomic E-state index is 0.901. The molecule has 0 saturated heterocycles. The first-order valence-electron chi connectivity index (χ1n) is 7.28. The molecular formula is C20H14N2. The Morgan fingerprint density at radius 1 is 0.591 bits per heavy atom. The first-order chi connectivity index (χ1) is 10.9. The molecule has 2 heteroatoms. The zero-order valence-corrected chi connectivity index (χ0v) is 12.0. The van der Waals surface area contributed by atoms with Gasteiger partial charge in [-0.05, 0) is 11.6 Å². The molecule has 0 bridgehead atoms. The summed E-state index contributed by atoms with van der Waals surface area (Å²) in [7, 11) is 0. The Kier molecular flexibility index (Phi) is 3.13. The van der Waals surface area contributed by atoms with Gasteiger partial charge in [-0.25, -0.2) is 4.98 Å². The zero-order chi connectivity index (χ0) is 14.8. The maximum atomic E-state index is 4.77. The monoisotopic (exact) mass is 282 g/mol. The van der Waals surface area contributed by atoms with Gasteiger partial charge in [0.25, 0.3) is 0 Å². The van der Waals surface area contributed by atoms with Crippen LogP contribution < -0.4 is 0 Å². The highest BCUT2D eigenvalue weighted by Gasteiger charge is 2.07. The van der Waals surface area contributed by atoms with Crippen LogP contribution in [0.3, 0.4) is 0 Å². The Hall–Kier alpha value is -3.00. The summed E-state index contributed by atoms with van der Waals surface area (Å²) in [6.45, 7) is 0. The number of aromatic nitrogens is 2. The van der Waals surface area contributed by atoms with E-state index in [0.717, 1.165) is 33.4 Å². The van der Waals surface area contributed by atoms with E-state index in [-0.39, 0.29) is 0 Å². The van der Waals surface area contributed by atoms with Gasteiger partial charge in [0.05, 0.1) is 22.9 Å². The van der Waals surface area contributed by atoms with Crippen molar-refractivity contribution in [1.29, 1.82) is 0 Å². The summed E-state index contributed by atoms with van der Waals surface area (Å²) in [6, 6.07) is 26.6. The topological polar surface area (TPSA) is 25.8 Å². The Morgan fingerprint density at radius 2 is 1.27 bits per heavy atom. The maximum Gasteiger partial charge on any atom is 0.0965 e. The fourth-order valence-electron chi connectivity index (χ4n) is 2.64. The average molecular weight is 282 g/mol. The Balaban J connectivity index is 1.90. The van der Waals surface area contributed by atoms with Crippen molar-refractivity contribution >= 4 is 11.0 Å². The molecule has 4 rings (SSSR count). The molecule has 3 aromatic carbocycles. The molecule has 0 unspecified atom stereocenters. The SMILES string of the molecule is c1ccc(-c2cnc3c(-c4ccccc4)cccc3n2)cc1. The third-order valence-electron chi connectivity index (χ3n) is 3.73. The zero-order valence-electron chi connectivity index (χ0n) is 12.0. The molecule has 1 aromatic heterocycles. The van der Waals surface area contributed by atoms with Gasteiger partial charge >= 0.3 is 0 Å². The highest BCUT2D eigenvalue weighted by molar-refractivity contribution is 5.92. The predicted molar refractivity (Wildman–Crippen MR) is 90.4 cm³/mol. The van der Waals surface area contributed by atoms with Crippen molar-refractivity contribution in [3.05, 3.63) is 85.1 Å². The van der Waals surface area contributed by atoms with E-state index in [1.165, 1.54) is 0 Å². The fraction of sp³-hybridized carbons (Fsp3) is 0. The molecule has 0 amide bonds. The van der Waals surface area contributed by atoms with Crippen molar-refractivity contribution in [2.75, 3.05) is 0 Å². The molecule has 0 spiro atoms. The van der Waals surface area contributed by atoms with Crippen molar-refractivity contribution in [3.63, 3.8) is 0 Å². The van der Waals surface area contributed by atoms with Gasteiger partial charge in [-0.2, -0.15) is 0 Å². The summed E-state index contributed by atoms with van der Waals surface area (Å²) in [5.74, 6) is 0. The number of hydrogen-bond acceptors (Lipinski definition) is 2. The van der Waals surface area contributed by atoms with E-state index in [2.05, 4.69) is 35.3 Å². The van der Waals surface area contributed by atoms with Crippen LogP contribution in [0.5, 0.6) is 0 Å². The Labute approximate surface area is 129 Å². The van der Waals surface area contributed by atoms with E-state index in [4.69, 9.17) is 4.98 Å². The summed E-state index contributed by atoms with van der Waals surface area (Å²) in [5, 5.41) is 0. The standard InChI is InChI=1S/C20H14N2/c1-3-8-15(9-4-1)17-12-7-13-18-20(17)21-14-19(22-18)16-10-5-2-6-11-16/h1-14H. The third-order valence-corrected chi connectivity index (χ3v) is 3.73. The second kappa shape index (κ2) is 5.41. The lowest BCUT2D eigenvalue weighted by Crippen LogP contribution is -1.91. The molecule has 22 heavy (non-hydrogen) atoms. The molecule has 0 atom stereocenters. The molecule has 0 radical (unpaired) electrons. The van der Waals surface area contributed by atoms with Crippen LogP contribution in [0.1, 0.15) is 0 Å². The summed E-state index contributed by atoms with van der Waals surface area (Å²) < 4.78 is 0. The molecule has 0 N–H and O–H groups in total. The van der Waals surface area contributed by atoms with Crippen molar-refractivity contribution in [2.24, 2.45) is 0 Å². The highest BCUT2D eigenvalue weighted by atomic mass is 14.8. The number of benzene rings is 3. The van der Waals surface area contributed by atoms with Gasteiger partial charge in [0.15, 0.2) is 0 Å². The molecule has 0 aliphatic rings. The average Bonchev–Trinajstić information content (AvgIpc) is 2.62. The minimum Gasteiger partial charge on any atom is -0.252 e. The Morgan fingerprint density at radius 3 is 2.00 bits per heavy atom. The summed E-state index contributed by atoms with van der Waals surface area (Å²) in [5.41, 5.74) is 6.12. The second-order valence-electron chi connectivity index (χ2n) is 5.16. The van der Waals surface area contributed by atoms with Gasteiger partial charge in [-0.1, -0.05) is 72.8 Å². The smallest absolute Gasteiger partial charge is 0.0965 e. The number of rotatable bonds is 2. The lowest BCUT2D eigenvalue weighted by molar-refractivity contribution is 1.29. The minimum atomic E-state index is 0.901. The van der Waals surface area contributed by atoms with Crippen LogP contribution in [0.25, 0.3) is 33.4 Å². The first kappa shape index (κ1) is 12.7. The van der Waals surface area contributed by atoms with Gasteiger partial charge in [-0.15, -0.1) is 0 Å². The van der Waals surface area contributed by atoms with Crippen LogP contribution in [0, 0.1) is 0 Å². The van der Waals surface area contributed by atoms with Crippen LogP contribution in [-0.4, -0.2) is 9.97 Å². The number of hydrogen-bond donors (Lipinski definition) is 0. The van der Waals surface area contributed by atoms with E-state index in [0.29, 0.717) is 0 Å². The predicted octanol–water partition coefficient (Wildman–Crippen LogP) is 4.96. The molecule has 0 aliphatic carbocycles. The van der Waals surface area contributed by atoms with Crippen LogP contribution in [0.15, 0.2) is 85.1 Å². The van der Waals surface area contributed by atoms with Crippen molar-refractivity contribution < 1.29 is 0 Å². The maximum absolute atomic E-state index is 4.77. The number of fused-ring (bicyclic) bond motifs is 1. The largest absolute Gasteiger partial charge is 0.252 e. The van der Waals surface area contributed by atoms with E-state index in [1.807, 2.05) is 54.7 Å². The van der Waals surface area contributed by atoms with E-state index in [9.17, 15) is 0 Å². The van der Waals surface area contributed by atoms with Crippen LogP contribution in [0.2, 0.25) is 0 Å². The molecule has 0 aliphatic heterocycles. The van der Waals surface area contributed by atoms with Gasteiger partial charge in [-0.3, -0.25) is 4.98 Å². The number of nitrogens with zero attached hydrogens (tertiary/aromatic N) is 2. The van der Waals surface area contributed by atoms with Crippen molar-refractivity contribution in [3.8, 4) is 22.4 Å². The first-order valence-corrected chi connectivity index (χ1v) is 7.28. The molecule has 2 nitrogen and oxygen atoms in total. The lowest BCUT2D eigenvalue weighted by Gasteiger charge is -2.07. The molecule has 0 saturated carbocycles. The second-order valence-corrected chi connectivity index (χ2v) is 5.16. The third kappa shape index (κ3) is 2.25. The number of para-hydroxylation sites is 1. The van der Waals surface area contributed by atoms with Crippen molar-refractivity contribution in [2.45, 2.75) is 0 Å². The van der Waals surface area contributed by atoms with Crippen molar-refractivity contribution in [1.82, 2.24) is 9.97 Å². The van der Waals surface area contributed by atoms with E-state index in [1.54, 1.807) is 0 Å². The van der Waals surface area contributed by atoms with Crippen LogP contribution in [-0.2, 0) is 0 Å². The Bertz CT molecular complexity index is 916. The van der Waals surface area contributed by atoms with E-state index < -0.39 is 0 Å². The molecule has 0 fully saturated rings. The molecule has 4 aromatic rings. The molecular weight excluding hydrogens is 268 g/mol. The fourth-order valence-corrected chi connectivity index (χ4v) is 2.64. The van der Waals surface area contributed by atoms with Gasteiger partial charge < -0.3 is 0 Å². The van der Waals surface area contributed by atoms with E-state index >= 15 is 0 Å².